The zero-order valence-electron chi connectivity index (χ0n) is 27.5. The lowest BCUT2D eigenvalue weighted by atomic mass is 9.83. The van der Waals surface area contributed by atoms with Gasteiger partial charge in [-0.2, -0.15) is 5.26 Å². The molecule has 0 radical (unpaired) electrons. The van der Waals surface area contributed by atoms with E-state index in [9.17, 15) is 19.6 Å². The van der Waals surface area contributed by atoms with Gasteiger partial charge in [-0.3, -0.25) is 9.59 Å². The maximum atomic E-state index is 14.2. The molecule has 2 N–H and O–H groups in total. The third kappa shape index (κ3) is 7.18. The third-order valence-electron chi connectivity index (χ3n) is 10.1. The van der Waals surface area contributed by atoms with Gasteiger partial charge >= 0.3 is 6.03 Å². The molecule has 0 bridgehead atoms. The van der Waals surface area contributed by atoms with Crippen molar-refractivity contribution in [1.29, 1.82) is 5.26 Å². The molecule has 2 aliphatic heterocycles. The molecule has 0 aromatic heterocycles. The number of fused-ring (bicyclic) bond motifs is 1. The molecule has 1 atom stereocenters. The molecule has 2 heterocycles. The van der Waals surface area contributed by atoms with Crippen LogP contribution in [0.25, 0.3) is 0 Å². The normalized spacial score (nSPS) is 18.4. The van der Waals surface area contributed by atoms with Crippen LogP contribution in [0, 0.1) is 11.3 Å². The summed E-state index contributed by atoms with van der Waals surface area (Å²) in [6.07, 6.45) is 6.22. The number of hydrogen-bond donors (Lipinski definition) is 2. The Bertz CT molecular complexity index is 1550. The summed E-state index contributed by atoms with van der Waals surface area (Å²) < 4.78 is 5.68. The monoisotopic (exact) mass is 682 g/mol. The molecule has 2 saturated heterocycles. The van der Waals surface area contributed by atoms with Gasteiger partial charge < -0.3 is 30.1 Å². The summed E-state index contributed by atoms with van der Waals surface area (Å²) in [5, 5.41) is 16.5. The number of carbonyl (C=O) groups excluding carboxylic acids is 3. The molecule has 3 aliphatic rings. The molecule has 2 aromatic carbocycles. The average molecular weight is 684 g/mol. The Labute approximate surface area is 287 Å². The summed E-state index contributed by atoms with van der Waals surface area (Å²) in [5.41, 5.74) is 2.99. The molecule has 10 nitrogen and oxygen atoms in total. The zero-order chi connectivity index (χ0) is 33.7. The summed E-state index contributed by atoms with van der Waals surface area (Å²) >= 11 is 12.7. The smallest absolute Gasteiger partial charge is 0.318 e. The molecule has 2 fully saturated rings. The van der Waals surface area contributed by atoms with E-state index in [0.29, 0.717) is 72.5 Å². The maximum absolute atomic E-state index is 14.2. The van der Waals surface area contributed by atoms with Crippen LogP contribution in [0.1, 0.15) is 77.1 Å². The minimum atomic E-state index is -0.873. The Morgan fingerprint density at radius 2 is 1.87 bits per heavy atom. The van der Waals surface area contributed by atoms with Gasteiger partial charge in [0.25, 0.3) is 5.91 Å². The number of methoxy groups -OCH3 is 1. The first-order valence-corrected chi connectivity index (χ1v) is 17.2. The Morgan fingerprint density at radius 3 is 2.53 bits per heavy atom. The summed E-state index contributed by atoms with van der Waals surface area (Å²) in [7, 11) is 4.93. The van der Waals surface area contributed by atoms with Crippen molar-refractivity contribution in [2.75, 3.05) is 60.5 Å². The van der Waals surface area contributed by atoms with Crippen LogP contribution < -0.4 is 15.4 Å². The highest BCUT2D eigenvalue weighted by Crippen LogP contribution is 2.37. The van der Waals surface area contributed by atoms with Gasteiger partial charge in [0.1, 0.15) is 17.4 Å². The van der Waals surface area contributed by atoms with Crippen molar-refractivity contribution in [2.45, 2.75) is 62.8 Å². The zero-order valence-corrected chi connectivity index (χ0v) is 29.0. The second kappa shape index (κ2) is 15.1. The number of rotatable bonds is 10. The van der Waals surface area contributed by atoms with E-state index in [1.54, 1.807) is 30.0 Å². The van der Waals surface area contributed by atoms with Gasteiger partial charge in [-0.1, -0.05) is 29.3 Å². The highest BCUT2D eigenvalue weighted by molar-refractivity contribution is 6.42. The molecular formula is C35H44Cl2N6O4. The second-order valence-corrected chi connectivity index (χ2v) is 13.6. The first-order valence-electron chi connectivity index (χ1n) is 16.5. The number of ether oxygens (including phenoxy) is 1. The SMILES string of the molecule is CNC(=O)C1(N2CCCNC2=O)CCN(CCC(CN(C)C(=O)c2c3c(cc(C#N)c2OC)CCCC3)c2ccc(Cl)c(Cl)c2)CC1. The van der Waals surface area contributed by atoms with E-state index in [1.807, 2.05) is 18.2 Å². The number of halogens is 2. The summed E-state index contributed by atoms with van der Waals surface area (Å²) in [6.45, 7) is 3.64. The molecule has 2 aromatic rings. The van der Waals surface area contributed by atoms with Gasteiger partial charge in [0.05, 0.1) is 28.3 Å². The van der Waals surface area contributed by atoms with Crippen LogP contribution in [-0.2, 0) is 17.6 Å². The van der Waals surface area contributed by atoms with E-state index in [-0.39, 0.29) is 23.8 Å². The van der Waals surface area contributed by atoms with Crippen molar-refractivity contribution in [1.82, 2.24) is 25.3 Å². The fraction of sp³-hybridized carbons (Fsp3) is 0.543. The number of likely N-dealkylation sites (tertiary alicyclic amines) is 1. The van der Waals surface area contributed by atoms with Crippen molar-refractivity contribution < 1.29 is 19.1 Å². The van der Waals surface area contributed by atoms with E-state index in [4.69, 9.17) is 27.9 Å². The van der Waals surface area contributed by atoms with Crippen LogP contribution in [0.3, 0.4) is 0 Å². The van der Waals surface area contributed by atoms with Gasteiger partial charge in [0.15, 0.2) is 0 Å². The molecule has 47 heavy (non-hydrogen) atoms. The Morgan fingerprint density at radius 1 is 1.13 bits per heavy atom. The number of nitrogens with zero attached hydrogens (tertiary/aromatic N) is 4. The minimum Gasteiger partial charge on any atom is -0.495 e. The number of amides is 4. The van der Waals surface area contributed by atoms with Crippen molar-refractivity contribution in [3.63, 3.8) is 0 Å². The van der Waals surface area contributed by atoms with Gasteiger partial charge in [-0.05, 0) is 92.8 Å². The first-order chi connectivity index (χ1) is 22.6. The van der Waals surface area contributed by atoms with Crippen molar-refractivity contribution in [2.24, 2.45) is 0 Å². The summed E-state index contributed by atoms with van der Waals surface area (Å²) in [6, 6.07) is 9.53. The van der Waals surface area contributed by atoms with Crippen LogP contribution in [-0.4, -0.2) is 98.6 Å². The number of benzene rings is 2. The number of piperidine rings is 1. The number of nitrogens with one attached hydrogen (secondary N) is 2. The van der Waals surface area contributed by atoms with Crippen molar-refractivity contribution in [3.8, 4) is 11.8 Å². The lowest BCUT2D eigenvalue weighted by molar-refractivity contribution is -0.135. The van der Waals surface area contributed by atoms with E-state index in [2.05, 4.69) is 21.6 Å². The van der Waals surface area contributed by atoms with Gasteiger partial charge in [-0.15, -0.1) is 0 Å². The lowest BCUT2D eigenvalue weighted by Gasteiger charge is -2.48. The maximum Gasteiger partial charge on any atom is 0.318 e. The molecule has 252 valence electrons. The van der Waals surface area contributed by atoms with Crippen molar-refractivity contribution >= 4 is 41.0 Å². The number of hydrogen-bond acceptors (Lipinski definition) is 6. The fourth-order valence-electron chi connectivity index (χ4n) is 7.52. The molecule has 1 unspecified atom stereocenters. The number of urea groups is 1. The molecule has 5 rings (SSSR count). The Kier molecular flexibility index (Phi) is 11.2. The predicted octanol–water partition coefficient (Wildman–Crippen LogP) is 4.99. The van der Waals surface area contributed by atoms with Crippen LogP contribution >= 0.6 is 23.2 Å². The summed E-state index contributed by atoms with van der Waals surface area (Å²) in [4.78, 5) is 45.9. The molecule has 0 spiro atoms. The molecule has 4 amide bonds. The summed E-state index contributed by atoms with van der Waals surface area (Å²) in [5.74, 6) is -0.0269. The van der Waals surface area contributed by atoms with E-state index in [0.717, 1.165) is 61.8 Å². The number of carbonyl (C=O) groups is 3. The number of nitriles is 1. The van der Waals surface area contributed by atoms with Crippen LogP contribution in [0.4, 0.5) is 4.79 Å². The molecule has 12 heteroatoms. The number of aryl methyl sites for hydroxylation is 1. The van der Waals surface area contributed by atoms with Gasteiger partial charge in [-0.25, -0.2) is 4.79 Å². The van der Waals surface area contributed by atoms with Crippen LogP contribution in [0.15, 0.2) is 24.3 Å². The fourth-order valence-corrected chi connectivity index (χ4v) is 7.82. The first kappa shape index (κ1) is 34.8. The van der Waals surface area contributed by atoms with E-state index >= 15 is 0 Å². The standard InChI is InChI=1S/C35H44Cl2N6O4/c1-39-33(45)35(43-15-6-14-40-34(43)46)12-17-42(18-13-35)16-11-25(23-9-10-28(36)29(37)20-23)22-41(2)32(44)30-27-8-5-4-7-24(27)19-26(21-38)31(30)47-3/h9-10,19-20,25H,4-8,11-18,22H2,1-3H3,(H,39,45)(H,40,46). The van der Waals surface area contributed by atoms with E-state index in [1.165, 1.54) is 7.11 Å². The molecular weight excluding hydrogens is 639 g/mol. The largest absolute Gasteiger partial charge is 0.495 e. The second-order valence-electron chi connectivity index (χ2n) is 12.8. The predicted molar refractivity (Wildman–Crippen MR) is 182 cm³/mol. The van der Waals surface area contributed by atoms with Crippen LogP contribution in [0.2, 0.25) is 10.0 Å². The topological polar surface area (TPSA) is 118 Å². The van der Waals surface area contributed by atoms with Gasteiger partial charge in [0, 0.05) is 52.7 Å². The highest BCUT2D eigenvalue weighted by atomic mass is 35.5. The third-order valence-corrected chi connectivity index (χ3v) is 10.9. The Hall–Kier alpha value is -3.52. The Balaban J connectivity index is 1.35. The average Bonchev–Trinajstić information content (AvgIpc) is 3.10. The molecule has 1 aliphatic carbocycles. The minimum absolute atomic E-state index is 0.0711. The number of likely N-dealkylation sites (N-methyl/N-ethyl adjacent to an activating group) is 2. The van der Waals surface area contributed by atoms with E-state index < -0.39 is 5.54 Å². The van der Waals surface area contributed by atoms with Gasteiger partial charge in [0.2, 0.25) is 5.91 Å². The lowest BCUT2D eigenvalue weighted by Crippen LogP contribution is -2.67. The van der Waals surface area contributed by atoms with Crippen LogP contribution in [0.5, 0.6) is 5.75 Å². The quantitative estimate of drug-likeness (QED) is 0.365. The molecule has 0 saturated carbocycles. The van der Waals surface area contributed by atoms with Crippen molar-refractivity contribution in [3.05, 3.63) is 62.1 Å². The highest BCUT2D eigenvalue weighted by Gasteiger charge is 2.48.